The van der Waals surface area contributed by atoms with Gasteiger partial charge in [-0.15, -0.1) is 0 Å². The van der Waals surface area contributed by atoms with Crippen LogP contribution >= 0.6 is 0 Å². The molecule has 1 heterocycles. The average molecular weight is 255 g/mol. The molecule has 0 bridgehead atoms. The van der Waals surface area contributed by atoms with Gasteiger partial charge in [0.1, 0.15) is 5.82 Å². The molecule has 19 heavy (non-hydrogen) atoms. The van der Waals surface area contributed by atoms with Gasteiger partial charge in [0.25, 0.3) is 0 Å². The van der Waals surface area contributed by atoms with E-state index in [9.17, 15) is 4.39 Å². The van der Waals surface area contributed by atoms with Crippen molar-refractivity contribution in [3.05, 3.63) is 71.0 Å². The molecule has 0 saturated carbocycles. The van der Waals surface area contributed by atoms with Gasteiger partial charge in [-0.2, -0.15) is 0 Å². The Bertz CT molecular complexity index is 570. The fourth-order valence-electron chi connectivity index (χ4n) is 2.83. The summed E-state index contributed by atoms with van der Waals surface area (Å²) in [6.07, 6.45) is 0.890. The Morgan fingerprint density at radius 3 is 2.32 bits per heavy atom. The predicted octanol–water partition coefficient (Wildman–Crippen LogP) is 3.22. The summed E-state index contributed by atoms with van der Waals surface area (Å²) in [5.74, 6) is -0.0869. The zero-order valence-electron chi connectivity index (χ0n) is 11.1. The minimum atomic E-state index is -0.0869. The molecule has 1 aliphatic rings. The van der Waals surface area contributed by atoms with Crippen LogP contribution in [0.15, 0.2) is 48.5 Å². The zero-order chi connectivity index (χ0) is 13.3. The summed E-state index contributed by atoms with van der Waals surface area (Å²) in [7, 11) is 0. The van der Waals surface area contributed by atoms with Gasteiger partial charge in [-0.3, -0.25) is 0 Å². The van der Waals surface area contributed by atoms with Gasteiger partial charge in [0.2, 0.25) is 0 Å². The number of benzene rings is 2. The third-order valence-electron chi connectivity index (χ3n) is 4.04. The molecule has 0 amide bonds. The van der Waals surface area contributed by atoms with Crippen LogP contribution in [0.25, 0.3) is 0 Å². The Morgan fingerprint density at radius 2 is 1.74 bits per heavy atom. The SMILES string of the molecule is Cc1ccc(CC2(c3ccccc3F)CNC2)cc1. The largest absolute Gasteiger partial charge is 0.315 e. The van der Waals surface area contributed by atoms with Gasteiger partial charge in [0.05, 0.1) is 0 Å². The summed E-state index contributed by atoms with van der Waals surface area (Å²) in [5, 5.41) is 3.29. The number of hydrogen-bond donors (Lipinski definition) is 1. The Morgan fingerprint density at radius 1 is 1.05 bits per heavy atom. The molecule has 1 aliphatic heterocycles. The van der Waals surface area contributed by atoms with E-state index < -0.39 is 0 Å². The Kier molecular flexibility index (Phi) is 3.11. The summed E-state index contributed by atoms with van der Waals surface area (Å²) in [6, 6.07) is 15.7. The number of aryl methyl sites for hydroxylation is 1. The van der Waals surface area contributed by atoms with Crippen LogP contribution < -0.4 is 5.32 Å². The van der Waals surface area contributed by atoms with Crippen LogP contribution in [-0.4, -0.2) is 13.1 Å². The number of hydrogen-bond acceptors (Lipinski definition) is 1. The smallest absolute Gasteiger partial charge is 0.127 e. The van der Waals surface area contributed by atoms with Crippen LogP contribution in [0.4, 0.5) is 4.39 Å². The second-order valence-corrected chi connectivity index (χ2v) is 5.53. The zero-order valence-corrected chi connectivity index (χ0v) is 11.1. The lowest BCUT2D eigenvalue weighted by atomic mass is 9.71. The minimum absolute atomic E-state index is 0.0827. The molecule has 1 nitrogen and oxygen atoms in total. The number of nitrogens with one attached hydrogen (secondary N) is 1. The number of halogens is 1. The van der Waals surface area contributed by atoms with Crippen molar-refractivity contribution in [2.75, 3.05) is 13.1 Å². The molecule has 2 aromatic carbocycles. The second kappa shape index (κ2) is 4.78. The van der Waals surface area contributed by atoms with Crippen molar-refractivity contribution in [1.29, 1.82) is 0 Å². The summed E-state index contributed by atoms with van der Waals surface area (Å²) < 4.78 is 14.0. The highest BCUT2D eigenvalue weighted by Gasteiger charge is 2.40. The molecule has 1 fully saturated rings. The summed E-state index contributed by atoms with van der Waals surface area (Å²) in [6.45, 7) is 3.78. The van der Waals surface area contributed by atoms with Crippen LogP contribution in [0, 0.1) is 12.7 Å². The maximum atomic E-state index is 14.0. The van der Waals surface area contributed by atoms with Gasteiger partial charge in [-0.05, 0) is 30.5 Å². The summed E-state index contributed by atoms with van der Waals surface area (Å²) in [4.78, 5) is 0. The van der Waals surface area contributed by atoms with Crippen molar-refractivity contribution in [1.82, 2.24) is 5.32 Å². The lowest BCUT2D eigenvalue weighted by molar-refractivity contribution is 0.266. The molecule has 0 unspecified atom stereocenters. The van der Waals surface area contributed by atoms with E-state index in [0.29, 0.717) is 0 Å². The van der Waals surface area contributed by atoms with E-state index in [4.69, 9.17) is 0 Å². The predicted molar refractivity (Wildman–Crippen MR) is 75.8 cm³/mol. The third kappa shape index (κ3) is 2.28. The molecule has 3 rings (SSSR count). The van der Waals surface area contributed by atoms with Gasteiger partial charge in [0.15, 0.2) is 0 Å². The molecule has 98 valence electrons. The van der Waals surface area contributed by atoms with Crippen LogP contribution in [-0.2, 0) is 11.8 Å². The fourth-order valence-corrected chi connectivity index (χ4v) is 2.83. The molecule has 0 spiro atoms. The molecular weight excluding hydrogens is 237 g/mol. The lowest BCUT2D eigenvalue weighted by Crippen LogP contribution is -2.58. The molecule has 1 saturated heterocycles. The van der Waals surface area contributed by atoms with Crippen molar-refractivity contribution in [2.45, 2.75) is 18.8 Å². The van der Waals surface area contributed by atoms with Crippen LogP contribution in [0.1, 0.15) is 16.7 Å². The normalized spacial score (nSPS) is 16.9. The van der Waals surface area contributed by atoms with Crippen LogP contribution in [0.2, 0.25) is 0 Å². The van der Waals surface area contributed by atoms with Crippen molar-refractivity contribution in [2.24, 2.45) is 0 Å². The Hall–Kier alpha value is -1.67. The Labute approximate surface area is 113 Å². The fraction of sp³-hybridized carbons (Fsp3) is 0.294. The molecular formula is C17H18FN. The van der Waals surface area contributed by atoms with Gasteiger partial charge >= 0.3 is 0 Å². The van der Waals surface area contributed by atoms with Crippen molar-refractivity contribution < 1.29 is 4.39 Å². The first-order valence-corrected chi connectivity index (χ1v) is 6.71. The third-order valence-corrected chi connectivity index (χ3v) is 4.04. The van der Waals surface area contributed by atoms with E-state index in [2.05, 4.69) is 36.5 Å². The summed E-state index contributed by atoms with van der Waals surface area (Å²) >= 11 is 0. The van der Waals surface area contributed by atoms with Crippen molar-refractivity contribution in [3.8, 4) is 0 Å². The van der Waals surface area contributed by atoms with E-state index in [-0.39, 0.29) is 11.2 Å². The molecule has 0 aromatic heterocycles. The molecule has 1 N–H and O–H groups in total. The Balaban J connectivity index is 1.92. The van der Waals surface area contributed by atoms with Crippen molar-refractivity contribution >= 4 is 0 Å². The second-order valence-electron chi connectivity index (χ2n) is 5.53. The first-order chi connectivity index (χ1) is 9.20. The first-order valence-electron chi connectivity index (χ1n) is 6.71. The van der Waals surface area contributed by atoms with Gasteiger partial charge < -0.3 is 5.32 Å². The molecule has 0 radical (unpaired) electrons. The van der Waals surface area contributed by atoms with E-state index in [0.717, 1.165) is 25.1 Å². The molecule has 2 heteroatoms. The maximum absolute atomic E-state index is 14.0. The topological polar surface area (TPSA) is 12.0 Å². The molecule has 2 aromatic rings. The quantitative estimate of drug-likeness (QED) is 0.888. The van der Waals surface area contributed by atoms with E-state index in [1.807, 2.05) is 12.1 Å². The highest BCUT2D eigenvalue weighted by atomic mass is 19.1. The summed E-state index contributed by atoms with van der Waals surface area (Å²) in [5.41, 5.74) is 3.29. The molecule has 0 aliphatic carbocycles. The average Bonchev–Trinajstić information content (AvgIpc) is 2.37. The van der Waals surface area contributed by atoms with Gasteiger partial charge in [-0.25, -0.2) is 4.39 Å². The highest BCUT2D eigenvalue weighted by molar-refractivity contribution is 5.35. The standard InChI is InChI=1S/C17H18FN/c1-13-6-8-14(9-7-13)10-17(11-19-12-17)15-4-2-3-5-16(15)18/h2-9,19H,10-12H2,1H3. The maximum Gasteiger partial charge on any atom is 0.127 e. The lowest BCUT2D eigenvalue weighted by Gasteiger charge is -2.43. The van der Waals surface area contributed by atoms with E-state index >= 15 is 0 Å². The van der Waals surface area contributed by atoms with E-state index in [1.165, 1.54) is 11.1 Å². The monoisotopic (exact) mass is 255 g/mol. The van der Waals surface area contributed by atoms with E-state index in [1.54, 1.807) is 12.1 Å². The van der Waals surface area contributed by atoms with Crippen molar-refractivity contribution in [3.63, 3.8) is 0 Å². The number of rotatable bonds is 3. The first kappa shape index (κ1) is 12.4. The van der Waals surface area contributed by atoms with Gasteiger partial charge in [0, 0.05) is 18.5 Å². The highest BCUT2D eigenvalue weighted by Crippen LogP contribution is 2.34. The van der Waals surface area contributed by atoms with Gasteiger partial charge in [-0.1, -0.05) is 48.0 Å². The van der Waals surface area contributed by atoms with Crippen LogP contribution in [0.5, 0.6) is 0 Å². The van der Waals surface area contributed by atoms with Crippen LogP contribution in [0.3, 0.4) is 0 Å². The molecule has 0 atom stereocenters. The minimum Gasteiger partial charge on any atom is -0.315 e.